The Balaban J connectivity index is 1.64. The maximum Gasteiger partial charge on any atom is 0.307 e. The molecule has 314 valence electrons. The van der Waals surface area contributed by atoms with E-state index in [9.17, 15) is 44.7 Å². The van der Waals surface area contributed by atoms with Gasteiger partial charge in [-0.05, 0) is 19.9 Å². The number of aromatic nitrogens is 1. The van der Waals surface area contributed by atoms with Crippen LogP contribution in [0, 0.1) is 30.6 Å². The summed E-state index contributed by atoms with van der Waals surface area (Å²) >= 11 is 0. The molecule has 2 aliphatic heterocycles. The first-order valence-corrected chi connectivity index (χ1v) is 19.0. The highest BCUT2D eigenvalue weighted by atomic mass is 16.7. The van der Waals surface area contributed by atoms with Gasteiger partial charge in [0, 0.05) is 73.3 Å². The van der Waals surface area contributed by atoms with Crippen molar-refractivity contribution in [3.63, 3.8) is 0 Å². The van der Waals surface area contributed by atoms with Gasteiger partial charge in [0.2, 0.25) is 5.43 Å². The van der Waals surface area contributed by atoms with E-state index < -0.39 is 99.6 Å². The molecule has 0 saturated carbocycles. The predicted octanol–water partition coefficient (Wildman–Crippen LogP) is 4.27. The van der Waals surface area contributed by atoms with Crippen molar-refractivity contribution >= 4 is 56.3 Å². The van der Waals surface area contributed by atoms with Crippen LogP contribution in [-0.2, 0) is 23.8 Å². The van der Waals surface area contributed by atoms with Crippen LogP contribution in [-0.4, -0.2) is 79.7 Å². The number of phenols is 2. The van der Waals surface area contributed by atoms with Crippen LogP contribution in [0.4, 0.5) is 5.69 Å². The Morgan fingerprint density at radius 1 is 0.932 bits per heavy atom. The van der Waals surface area contributed by atoms with Gasteiger partial charge >= 0.3 is 11.8 Å². The molecule has 1 aromatic heterocycles. The number of fused-ring (bicyclic) bond motifs is 2. The van der Waals surface area contributed by atoms with Gasteiger partial charge in [-0.2, -0.15) is 0 Å². The fraction of sp³-hybridized carbons (Fsp3) is 0.419. The van der Waals surface area contributed by atoms with E-state index in [1.807, 2.05) is 0 Å². The molecule has 1 amide bonds. The molecule has 0 unspecified atom stereocenters. The quantitative estimate of drug-likeness (QED) is 0.0940. The van der Waals surface area contributed by atoms with E-state index in [0.29, 0.717) is 0 Å². The second kappa shape index (κ2) is 16.0. The van der Waals surface area contributed by atoms with Crippen molar-refractivity contribution < 1.29 is 58.5 Å². The van der Waals surface area contributed by atoms with Crippen LogP contribution in [0.25, 0.3) is 38.7 Å². The lowest BCUT2D eigenvalue weighted by Crippen LogP contribution is -2.46. The number of methoxy groups -OCH3 is 1. The first kappa shape index (κ1) is 42.6. The molecular weight excluding hydrogens is 768 g/mol. The van der Waals surface area contributed by atoms with Gasteiger partial charge in [-0.3, -0.25) is 19.2 Å². The van der Waals surface area contributed by atoms with Crippen LogP contribution in [0.3, 0.4) is 0 Å². The van der Waals surface area contributed by atoms with E-state index in [-0.39, 0.29) is 55.1 Å². The van der Waals surface area contributed by atoms with Crippen LogP contribution < -0.4 is 26.1 Å². The zero-order valence-electron chi connectivity index (χ0n) is 34.0. The minimum atomic E-state index is -1.99. The highest BCUT2D eigenvalue weighted by Gasteiger charge is 2.44. The summed E-state index contributed by atoms with van der Waals surface area (Å²) in [6.07, 6.45) is 3.34. The smallest absolute Gasteiger partial charge is 0.307 e. The normalized spacial score (nSPS) is 30.1. The number of carbonyl (C=O) groups excluding carboxylic acids is 2. The molecule has 3 aromatic carbocycles. The number of benzene rings is 3. The topological polar surface area (TPSA) is 244 Å². The van der Waals surface area contributed by atoms with Crippen molar-refractivity contribution in [1.29, 1.82) is 0 Å². The lowest BCUT2D eigenvalue weighted by Gasteiger charge is -2.38. The second-order valence-corrected chi connectivity index (χ2v) is 15.5. The number of aliphatic hydroxyl groups excluding tert-OH is 3. The first-order chi connectivity index (χ1) is 27.7. The summed E-state index contributed by atoms with van der Waals surface area (Å²) in [5, 5.41) is 59.1. The molecule has 6 N–H and O–H groups in total. The number of hydrogen-bond donors (Lipinski definition) is 6. The van der Waals surface area contributed by atoms with Gasteiger partial charge < -0.3 is 54.2 Å². The number of aliphatic hydroxyl groups is 3. The Morgan fingerprint density at radius 3 is 2.29 bits per heavy atom. The lowest BCUT2D eigenvalue weighted by molar-refractivity contribution is -0.160. The number of allylic oxidation sites excluding steroid dienone is 2. The number of nitrogens with zero attached hydrogens (tertiary/aromatic N) is 1. The van der Waals surface area contributed by atoms with Crippen LogP contribution in [0.2, 0.25) is 0 Å². The standard InChI is InChI=1S/C43H48N2O14/c1-17-11-10-12-18(2)42(54)45-33-37(52)29-28(32-40(33)58-27-16-24(47)15-25(48)31(27)44-32)30-39(22(6)36(29)51)59-43(8,41(30)53)56-14-13-26(55-9)19(3)38(57-23(7)46)21(5)35(50)20(4)34(17)49/h10-17,19-21,26,34-35,38,48-51,53H,1-9H3,(H,45,54)/b11-10+,14-13+,18-12-/t17-,19+,20+,21+,26-,34-,35+,38+,43-/m0/s1. The van der Waals surface area contributed by atoms with Gasteiger partial charge in [0.25, 0.3) is 5.91 Å². The molecule has 59 heavy (non-hydrogen) atoms. The number of nitrogens with one attached hydrogen (secondary N) is 1. The van der Waals surface area contributed by atoms with E-state index in [1.165, 1.54) is 59.3 Å². The van der Waals surface area contributed by atoms with Crippen molar-refractivity contribution in [2.75, 3.05) is 12.4 Å². The van der Waals surface area contributed by atoms with Gasteiger partial charge in [0.15, 0.2) is 22.4 Å². The monoisotopic (exact) mass is 816 g/mol. The molecule has 0 saturated heterocycles. The number of phenolic OH excluding ortho intramolecular Hbond substituents is 2. The fourth-order valence-corrected chi connectivity index (χ4v) is 7.88. The minimum absolute atomic E-state index is 0.0260. The maximum atomic E-state index is 14.5. The molecule has 4 aromatic rings. The number of carbonyl (C=O) groups is 2. The zero-order valence-corrected chi connectivity index (χ0v) is 34.0. The molecule has 0 radical (unpaired) electrons. The van der Waals surface area contributed by atoms with Crippen LogP contribution in [0.1, 0.15) is 54.0 Å². The highest BCUT2D eigenvalue weighted by Crippen LogP contribution is 2.42. The Kier molecular flexibility index (Phi) is 11.6. The first-order valence-electron chi connectivity index (χ1n) is 19.0. The van der Waals surface area contributed by atoms with Crippen molar-refractivity contribution in [1.82, 2.24) is 4.98 Å². The summed E-state index contributed by atoms with van der Waals surface area (Å²) < 4.78 is 29.8. The summed E-state index contributed by atoms with van der Waals surface area (Å²) in [7, 11) is 1.42. The summed E-state index contributed by atoms with van der Waals surface area (Å²) in [4.78, 5) is 57.5. The summed E-state index contributed by atoms with van der Waals surface area (Å²) in [5.74, 6) is -7.70. The second-order valence-electron chi connectivity index (χ2n) is 15.5. The molecule has 4 bridgehead atoms. The van der Waals surface area contributed by atoms with Crippen molar-refractivity contribution in [2.24, 2.45) is 23.7 Å². The number of amides is 1. The van der Waals surface area contributed by atoms with Gasteiger partial charge in [-0.25, -0.2) is 4.98 Å². The summed E-state index contributed by atoms with van der Waals surface area (Å²) in [6.45, 7) is 12.4. The van der Waals surface area contributed by atoms with Crippen molar-refractivity contribution in [3.8, 4) is 17.2 Å². The molecule has 0 fully saturated rings. The zero-order chi connectivity index (χ0) is 43.4. The Bertz CT molecular complexity index is 2650. The third-order valence-electron chi connectivity index (χ3n) is 11.4. The van der Waals surface area contributed by atoms with Crippen molar-refractivity contribution in [3.05, 3.63) is 79.5 Å². The third-order valence-corrected chi connectivity index (χ3v) is 11.4. The Hall–Kier alpha value is -5.97. The maximum absolute atomic E-state index is 14.5. The number of aromatic hydroxyl groups is 2. The van der Waals surface area contributed by atoms with Gasteiger partial charge in [0.05, 0.1) is 35.2 Å². The Morgan fingerprint density at radius 2 is 1.63 bits per heavy atom. The third kappa shape index (κ3) is 7.47. The number of anilines is 1. The number of ether oxygens (including phenoxy) is 4. The molecule has 3 heterocycles. The van der Waals surface area contributed by atoms with E-state index in [0.717, 1.165) is 12.1 Å². The summed E-state index contributed by atoms with van der Waals surface area (Å²) in [6, 6.07) is 1.95. The number of rotatable bonds is 2. The lowest BCUT2D eigenvalue weighted by atomic mass is 9.78. The molecule has 0 spiro atoms. The fourth-order valence-electron chi connectivity index (χ4n) is 7.88. The molecule has 2 aliphatic rings. The molecule has 16 heteroatoms. The van der Waals surface area contributed by atoms with E-state index in [2.05, 4.69) is 10.3 Å². The average molecular weight is 817 g/mol. The predicted molar refractivity (Wildman–Crippen MR) is 217 cm³/mol. The minimum Gasteiger partial charge on any atom is -0.507 e. The summed E-state index contributed by atoms with van der Waals surface area (Å²) in [5.41, 5.74) is -2.88. The van der Waals surface area contributed by atoms with Gasteiger partial charge in [-0.15, -0.1) is 0 Å². The van der Waals surface area contributed by atoms with Gasteiger partial charge in [-0.1, -0.05) is 45.9 Å². The van der Waals surface area contributed by atoms with Crippen molar-refractivity contribution in [2.45, 2.75) is 85.6 Å². The Labute approximate surface area is 337 Å². The number of esters is 1. The van der Waals surface area contributed by atoms with E-state index in [4.69, 9.17) is 23.4 Å². The molecule has 0 aliphatic carbocycles. The van der Waals surface area contributed by atoms with Crippen LogP contribution >= 0.6 is 0 Å². The molecule has 6 rings (SSSR count). The van der Waals surface area contributed by atoms with E-state index >= 15 is 0 Å². The molecule has 16 nitrogen and oxygen atoms in total. The molecular formula is C43H48N2O14. The average Bonchev–Trinajstić information content (AvgIpc) is 3.45. The highest BCUT2D eigenvalue weighted by molar-refractivity contribution is 6.17. The van der Waals surface area contributed by atoms with E-state index in [1.54, 1.807) is 33.8 Å². The van der Waals surface area contributed by atoms with Crippen LogP contribution in [0.5, 0.6) is 17.2 Å². The van der Waals surface area contributed by atoms with Gasteiger partial charge in [0.1, 0.15) is 40.1 Å². The SMILES string of the molecule is CO[C@H]1/C=C/O[C@@]2(C)Oc3c(C)c(O)c4c(=O)c(c5oc6cc(=O)cc(O)c6nc5c4c3=C2O)NC(=O)/C(C)=C\C=C\[C@H](C)[C@H](O)[C@@H](C)[C@@H](O)[C@@H](C)[C@H](OC(C)=O)[C@@H]1C. The molecule has 9 atom stereocenters. The van der Waals surface area contributed by atoms with Crippen LogP contribution in [0.15, 0.2) is 62.3 Å². The number of hydrogen-bond acceptors (Lipinski definition) is 15. The largest absolute Gasteiger partial charge is 0.507 e.